The highest BCUT2D eigenvalue weighted by atomic mass is 32.2. The second kappa shape index (κ2) is 9.27. The van der Waals surface area contributed by atoms with Gasteiger partial charge >= 0.3 is 0 Å². The number of carbonyl (C=O) groups is 1. The molecule has 0 fully saturated rings. The van der Waals surface area contributed by atoms with Gasteiger partial charge in [0.2, 0.25) is 11.1 Å². The molecule has 0 unspecified atom stereocenters. The summed E-state index contributed by atoms with van der Waals surface area (Å²) in [5.74, 6) is 7.62. The number of ether oxygens (including phenoxy) is 1. The van der Waals surface area contributed by atoms with Crippen LogP contribution in [0.25, 0.3) is 0 Å². The van der Waals surface area contributed by atoms with Crippen LogP contribution in [0, 0.1) is 0 Å². The van der Waals surface area contributed by atoms with Crippen LogP contribution in [0.4, 0.5) is 5.69 Å². The van der Waals surface area contributed by atoms with Crippen LogP contribution in [-0.4, -0.2) is 26.5 Å². The van der Waals surface area contributed by atoms with Crippen LogP contribution >= 0.6 is 11.8 Å². The third kappa shape index (κ3) is 5.04. The molecule has 3 N–H and O–H groups in total. The molecule has 3 rings (SSSR count). The summed E-state index contributed by atoms with van der Waals surface area (Å²) < 4.78 is 6.98. The molecule has 0 radical (unpaired) electrons. The van der Waals surface area contributed by atoms with Gasteiger partial charge in [-0.05, 0) is 29.7 Å². The van der Waals surface area contributed by atoms with E-state index in [1.807, 2.05) is 54.6 Å². The summed E-state index contributed by atoms with van der Waals surface area (Å²) in [5.41, 5.74) is 1.93. The van der Waals surface area contributed by atoms with Crippen molar-refractivity contribution in [3.63, 3.8) is 0 Å². The van der Waals surface area contributed by atoms with E-state index in [9.17, 15) is 4.79 Å². The summed E-state index contributed by atoms with van der Waals surface area (Å²) in [7, 11) is 0. The molecule has 0 saturated carbocycles. The normalized spacial score (nSPS) is 10.8. The van der Waals surface area contributed by atoms with Gasteiger partial charge in [-0.3, -0.25) is 4.79 Å². The average molecular weight is 398 g/mol. The van der Waals surface area contributed by atoms with E-state index >= 15 is 0 Å². The van der Waals surface area contributed by atoms with Crippen molar-refractivity contribution in [2.24, 2.45) is 0 Å². The summed E-state index contributed by atoms with van der Waals surface area (Å²) >= 11 is 1.23. The number of nitrogen functional groups attached to an aromatic ring is 1. The van der Waals surface area contributed by atoms with Gasteiger partial charge in [-0.2, -0.15) is 0 Å². The Morgan fingerprint density at radius 1 is 1.14 bits per heavy atom. The number of amides is 1. The molecule has 146 valence electrons. The van der Waals surface area contributed by atoms with Crippen molar-refractivity contribution in [3.05, 3.63) is 66.0 Å². The van der Waals surface area contributed by atoms with Crippen LogP contribution in [-0.2, 0) is 11.4 Å². The lowest BCUT2D eigenvalue weighted by Gasteiger charge is -2.13. The molecule has 1 aromatic heterocycles. The Morgan fingerprint density at radius 3 is 2.61 bits per heavy atom. The van der Waals surface area contributed by atoms with E-state index < -0.39 is 0 Å². The summed E-state index contributed by atoms with van der Waals surface area (Å²) in [5, 5.41) is 11.5. The van der Waals surface area contributed by atoms with E-state index in [0.29, 0.717) is 16.9 Å². The first kappa shape index (κ1) is 19.8. The lowest BCUT2D eigenvalue weighted by atomic mass is 10.0. The molecular weight excluding hydrogens is 374 g/mol. The van der Waals surface area contributed by atoms with Crippen LogP contribution in [0.5, 0.6) is 5.75 Å². The first-order valence-electron chi connectivity index (χ1n) is 8.93. The number of aromatic nitrogens is 3. The fraction of sp³-hybridized carbons (Fsp3) is 0.250. The Morgan fingerprint density at radius 2 is 1.86 bits per heavy atom. The Hall–Kier alpha value is -3.00. The lowest BCUT2D eigenvalue weighted by molar-refractivity contribution is -0.113. The number of carbonyl (C=O) groups excluding carboxylic acids is 1. The zero-order valence-corrected chi connectivity index (χ0v) is 16.6. The van der Waals surface area contributed by atoms with Crippen molar-refractivity contribution in [3.8, 4) is 5.75 Å². The minimum Gasteiger partial charge on any atom is -0.486 e. The molecule has 0 spiro atoms. The van der Waals surface area contributed by atoms with E-state index in [1.165, 1.54) is 16.4 Å². The van der Waals surface area contributed by atoms with E-state index in [1.54, 1.807) is 0 Å². The molecule has 2 aromatic carbocycles. The van der Waals surface area contributed by atoms with Crippen molar-refractivity contribution < 1.29 is 9.53 Å². The number of para-hydroxylation sites is 2. The number of nitrogens with one attached hydrogen (secondary N) is 1. The predicted molar refractivity (Wildman–Crippen MR) is 111 cm³/mol. The SMILES string of the molecule is CC(C)c1ccccc1NC(=O)CSc1nnc(COc2ccccc2)n1N. The highest BCUT2D eigenvalue weighted by Gasteiger charge is 2.14. The Kier molecular flexibility index (Phi) is 6.54. The maximum atomic E-state index is 12.3. The zero-order valence-electron chi connectivity index (χ0n) is 15.8. The number of anilines is 1. The van der Waals surface area contributed by atoms with Gasteiger partial charge < -0.3 is 15.9 Å². The van der Waals surface area contributed by atoms with Gasteiger partial charge in [-0.1, -0.05) is 62.0 Å². The number of rotatable bonds is 8. The monoisotopic (exact) mass is 397 g/mol. The number of hydrogen-bond donors (Lipinski definition) is 2. The molecule has 0 saturated heterocycles. The van der Waals surface area contributed by atoms with E-state index in [4.69, 9.17) is 10.6 Å². The number of nitrogens with two attached hydrogens (primary N) is 1. The van der Waals surface area contributed by atoms with Crippen LogP contribution < -0.4 is 15.9 Å². The maximum absolute atomic E-state index is 12.3. The highest BCUT2D eigenvalue weighted by Crippen LogP contribution is 2.24. The van der Waals surface area contributed by atoms with Gasteiger partial charge in [0.05, 0.1) is 5.75 Å². The van der Waals surface area contributed by atoms with Gasteiger partial charge in [0.1, 0.15) is 12.4 Å². The minimum absolute atomic E-state index is 0.122. The van der Waals surface area contributed by atoms with Crippen LogP contribution in [0.3, 0.4) is 0 Å². The number of hydrogen-bond acceptors (Lipinski definition) is 6. The van der Waals surface area contributed by atoms with Crippen LogP contribution in [0.2, 0.25) is 0 Å². The van der Waals surface area contributed by atoms with Crippen molar-refractivity contribution >= 4 is 23.4 Å². The molecule has 7 nitrogen and oxygen atoms in total. The summed E-state index contributed by atoms with van der Waals surface area (Å²) in [6.07, 6.45) is 0. The molecule has 0 aliphatic carbocycles. The highest BCUT2D eigenvalue weighted by molar-refractivity contribution is 7.99. The second-order valence-electron chi connectivity index (χ2n) is 6.45. The third-order valence-electron chi connectivity index (χ3n) is 4.04. The summed E-state index contributed by atoms with van der Waals surface area (Å²) in [6.45, 7) is 4.38. The van der Waals surface area contributed by atoms with Crippen LogP contribution in [0.1, 0.15) is 31.2 Å². The minimum atomic E-state index is -0.122. The maximum Gasteiger partial charge on any atom is 0.234 e. The molecule has 1 amide bonds. The third-order valence-corrected chi connectivity index (χ3v) is 4.98. The van der Waals surface area contributed by atoms with Gasteiger partial charge in [0.25, 0.3) is 0 Å². The molecule has 0 aliphatic rings. The van der Waals surface area contributed by atoms with Crippen molar-refractivity contribution in [2.45, 2.75) is 31.5 Å². The van der Waals surface area contributed by atoms with Gasteiger partial charge in [-0.25, -0.2) is 4.68 Å². The van der Waals surface area contributed by atoms with Gasteiger partial charge in [-0.15, -0.1) is 10.2 Å². The molecule has 1 heterocycles. The van der Waals surface area contributed by atoms with Crippen molar-refractivity contribution in [1.82, 2.24) is 14.9 Å². The summed E-state index contributed by atoms with van der Waals surface area (Å²) in [4.78, 5) is 12.3. The Balaban J connectivity index is 1.55. The molecule has 3 aromatic rings. The molecular formula is C20H23N5O2S. The molecule has 0 bridgehead atoms. The lowest BCUT2D eigenvalue weighted by Crippen LogP contribution is -2.18. The van der Waals surface area contributed by atoms with Crippen molar-refractivity contribution in [1.29, 1.82) is 0 Å². The first-order chi connectivity index (χ1) is 13.5. The van der Waals surface area contributed by atoms with Crippen molar-refractivity contribution in [2.75, 3.05) is 16.9 Å². The second-order valence-corrected chi connectivity index (χ2v) is 7.39. The first-order valence-corrected chi connectivity index (χ1v) is 9.92. The Labute approximate surface area is 168 Å². The largest absolute Gasteiger partial charge is 0.486 e. The van der Waals surface area contributed by atoms with E-state index in [2.05, 4.69) is 29.4 Å². The van der Waals surface area contributed by atoms with E-state index in [-0.39, 0.29) is 18.3 Å². The molecule has 0 aliphatic heterocycles. The fourth-order valence-corrected chi connectivity index (χ4v) is 3.27. The summed E-state index contributed by atoms with van der Waals surface area (Å²) in [6, 6.07) is 17.2. The number of thioether (sulfide) groups is 1. The van der Waals surface area contributed by atoms with Gasteiger partial charge in [0, 0.05) is 5.69 Å². The smallest absolute Gasteiger partial charge is 0.234 e. The zero-order chi connectivity index (χ0) is 19.9. The van der Waals surface area contributed by atoms with Gasteiger partial charge in [0.15, 0.2) is 5.82 Å². The number of nitrogens with zero attached hydrogens (tertiary/aromatic N) is 3. The topological polar surface area (TPSA) is 95.1 Å². The Bertz CT molecular complexity index is 927. The quantitative estimate of drug-likeness (QED) is 0.447. The fourth-order valence-electron chi connectivity index (χ4n) is 2.60. The van der Waals surface area contributed by atoms with E-state index in [0.717, 1.165) is 17.0 Å². The predicted octanol–water partition coefficient (Wildman–Crippen LogP) is 3.43. The van der Waals surface area contributed by atoms with Crippen LogP contribution in [0.15, 0.2) is 59.8 Å². The standard InChI is InChI=1S/C20H23N5O2S/c1-14(2)16-10-6-7-11-17(16)22-19(26)13-28-20-24-23-18(25(20)21)12-27-15-8-4-3-5-9-15/h3-11,14H,12-13,21H2,1-2H3,(H,22,26). The average Bonchev–Trinajstić information content (AvgIpc) is 3.05. The molecule has 0 atom stereocenters. The number of benzene rings is 2. The molecule has 8 heteroatoms. The molecule has 28 heavy (non-hydrogen) atoms.